The summed E-state index contributed by atoms with van der Waals surface area (Å²) in [4.78, 5) is 11.2. The molecule has 0 aliphatic heterocycles. The van der Waals surface area contributed by atoms with Gasteiger partial charge < -0.3 is 14.6 Å². The lowest BCUT2D eigenvalue weighted by molar-refractivity contribution is -0.140. The maximum absolute atomic E-state index is 11.2. The van der Waals surface area contributed by atoms with Crippen LogP contribution in [0.2, 0.25) is 5.02 Å². The fourth-order valence-electron chi connectivity index (χ4n) is 1.97. The van der Waals surface area contributed by atoms with E-state index in [0.717, 1.165) is 5.56 Å². The summed E-state index contributed by atoms with van der Waals surface area (Å²) < 4.78 is 10.5. The molecule has 1 rings (SSSR count). The fraction of sp³-hybridized carbons (Fsp3) is 0.500. The molecule has 0 fully saturated rings. The van der Waals surface area contributed by atoms with E-state index in [0.29, 0.717) is 23.1 Å². The quantitative estimate of drug-likeness (QED) is 0.810. The number of halogens is 1. The molecule has 0 aliphatic rings. The molecule has 0 saturated carbocycles. The van der Waals surface area contributed by atoms with E-state index in [1.165, 1.54) is 14.2 Å². The van der Waals surface area contributed by atoms with E-state index in [9.17, 15) is 4.79 Å². The van der Waals surface area contributed by atoms with Crippen LogP contribution in [0.1, 0.15) is 19.4 Å². The summed E-state index contributed by atoms with van der Waals surface area (Å²) in [6, 6.07) is 2.75. The number of carbonyl (C=O) groups is 1. The highest BCUT2D eigenvalue weighted by atomic mass is 35.5. The molecule has 1 aromatic carbocycles. The monoisotopic (exact) mass is 301 g/mol. The van der Waals surface area contributed by atoms with Gasteiger partial charge in [-0.1, -0.05) is 25.4 Å². The molecule has 1 atom stereocenters. The number of hydrogen-bond acceptors (Lipinski definition) is 4. The summed E-state index contributed by atoms with van der Waals surface area (Å²) in [5.74, 6) is 0.165. The first-order valence-corrected chi connectivity index (χ1v) is 6.65. The van der Waals surface area contributed by atoms with E-state index in [1.54, 1.807) is 12.1 Å². The van der Waals surface area contributed by atoms with Crippen molar-refractivity contribution in [2.75, 3.05) is 14.2 Å². The van der Waals surface area contributed by atoms with Gasteiger partial charge in [0.25, 0.3) is 0 Å². The lowest BCUT2D eigenvalue weighted by Crippen LogP contribution is -2.40. The van der Waals surface area contributed by atoms with Gasteiger partial charge in [-0.2, -0.15) is 0 Å². The zero-order chi connectivity index (χ0) is 15.3. The van der Waals surface area contributed by atoms with Crippen LogP contribution in [0.15, 0.2) is 12.1 Å². The summed E-state index contributed by atoms with van der Waals surface area (Å²) in [7, 11) is 3.06. The number of aliphatic carboxylic acids is 1. The molecule has 0 aliphatic carbocycles. The molecule has 1 unspecified atom stereocenters. The first-order valence-electron chi connectivity index (χ1n) is 6.27. The van der Waals surface area contributed by atoms with E-state index >= 15 is 0 Å². The second-order valence-electron chi connectivity index (χ2n) is 4.74. The minimum absolute atomic E-state index is 0.0282. The van der Waals surface area contributed by atoms with E-state index in [2.05, 4.69) is 5.32 Å². The Morgan fingerprint density at radius 2 is 2.00 bits per heavy atom. The molecule has 0 heterocycles. The molecular weight excluding hydrogens is 282 g/mol. The summed E-state index contributed by atoms with van der Waals surface area (Å²) in [5, 5.41) is 12.7. The van der Waals surface area contributed by atoms with Gasteiger partial charge in [-0.25, -0.2) is 0 Å². The summed E-state index contributed by atoms with van der Waals surface area (Å²) in [5.41, 5.74) is 0.753. The highest BCUT2D eigenvalue weighted by Crippen LogP contribution is 2.34. The van der Waals surface area contributed by atoms with E-state index in [1.807, 2.05) is 13.8 Å². The fourth-order valence-corrected chi connectivity index (χ4v) is 2.20. The molecule has 0 bridgehead atoms. The Labute approximate surface area is 123 Å². The zero-order valence-corrected chi connectivity index (χ0v) is 12.8. The largest absolute Gasteiger partial charge is 0.493 e. The van der Waals surface area contributed by atoms with Crippen LogP contribution in [0.5, 0.6) is 11.5 Å². The Bertz CT molecular complexity index is 476. The molecule has 20 heavy (non-hydrogen) atoms. The molecule has 6 heteroatoms. The van der Waals surface area contributed by atoms with Crippen molar-refractivity contribution in [3.8, 4) is 11.5 Å². The number of carboxylic acids is 1. The number of methoxy groups -OCH3 is 2. The first-order chi connectivity index (χ1) is 9.40. The topological polar surface area (TPSA) is 67.8 Å². The zero-order valence-electron chi connectivity index (χ0n) is 12.1. The van der Waals surface area contributed by atoms with Gasteiger partial charge in [0.15, 0.2) is 11.5 Å². The van der Waals surface area contributed by atoms with E-state index in [-0.39, 0.29) is 5.92 Å². The van der Waals surface area contributed by atoms with Gasteiger partial charge >= 0.3 is 5.97 Å². The average molecular weight is 302 g/mol. The number of rotatable bonds is 7. The minimum atomic E-state index is -0.882. The van der Waals surface area contributed by atoms with Crippen molar-refractivity contribution >= 4 is 17.6 Å². The first kappa shape index (κ1) is 16.6. The molecule has 0 radical (unpaired) electrons. The van der Waals surface area contributed by atoms with Crippen LogP contribution in [0, 0.1) is 5.92 Å². The summed E-state index contributed by atoms with van der Waals surface area (Å²) in [6.07, 6.45) is 0. The van der Waals surface area contributed by atoms with Gasteiger partial charge in [0.05, 0.1) is 14.2 Å². The van der Waals surface area contributed by atoms with Crippen LogP contribution in [-0.2, 0) is 11.3 Å². The van der Waals surface area contributed by atoms with Crippen LogP contribution in [0.25, 0.3) is 0 Å². The van der Waals surface area contributed by atoms with Crippen LogP contribution in [0.3, 0.4) is 0 Å². The lowest BCUT2D eigenvalue weighted by atomic mass is 10.0. The molecule has 0 saturated heterocycles. The molecular formula is C14H20ClNO4. The van der Waals surface area contributed by atoms with Crippen molar-refractivity contribution in [2.24, 2.45) is 5.92 Å². The highest BCUT2D eigenvalue weighted by Gasteiger charge is 2.21. The number of benzene rings is 1. The number of carboxylic acid groups (broad SMARTS) is 1. The van der Waals surface area contributed by atoms with Gasteiger partial charge in [0.1, 0.15) is 6.04 Å². The molecule has 0 aromatic heterocycles. The third kappa shape index (κ3) is 4.02. The number of ether oxygens (including phenoxy) is 2. The normalized spacial score (nSPS) is 12.3. The van der Waals surface area contributed by atoms with Crippen molar-refractivity contribution in [1.29, 1.82) is 0 Å². The molecule has 0 amide bonds. The van der Waals surface area contributed by atoms with Crippen LogP contribution < -0.4 is 14.8 Å². The minimum Gasteiger partial charge on any atom is -0.493 e. The van der Waals surface area contributed by atoms with Crippen LogP contribution in [0.4, 0.5) is 0 Å². The van der Waals surface area contributed by atoms with Gasteiger partial charge in [0.2, 0.25) is 0 Å². The average Bonchev–Trinajstić information content (AvgIpc) is 2.37. The molecule has 2 N–H and O–H groups in total. The van der Waals surface area contributed by atoms with Gasteiger partial charge in [0, 0.05) is 23.2 Å². The van der Waals surface area contributed by atoms with Crippen molar-refractivity contribution in [1.82, 2.24) is 5.32 Å². The highest BCUT2D eigenvalue weighted by molar-refractivity contribution is 6.30. The maximum atomic E-state index is 11.2. The Kier molecular flexibility index (Phi) is 6.10. The molecule has 1 aromatic rings. The predicted molar refractivity (Wildman–Crippen MR) is 77.7 cm³/mol. The van der Waals surface area contributed by atoms with Crippen molar-refractivity contribution in [3.05, 3.63) is 22.7 Å². The summed E-state index contributed by atoms with van der Waals surface area (Å²) >= 11 is 6.02. The third-order valence-electron chi connectivity index (χ3n) is 2.97. The SMILES string of the molecule is COc1cc(Cl)cc(CNC(C(=O)O)C(C)C)c1OC. The molecule has 112 valence electrons. The molecule has 0 spiro atoms. The lowest BCUT2D eigenvalue weighted by Gasteiger charge is -2.19. The second-order valence-corrected chi connectivity index (χ2v) is 5.18. The summed E-state index contributed by atoms with van der Waals surface area (Å²) in [6.45, 7) is 4.03. The number of nitrogens with one attached hydrogen (secondary N) is 1. The standard InChI is InChI=1S/C14H20ClNO4/c1-8(2)12(14(17)18)16-7-9-5-10(15)6-11(19-3)13(9)20-4/h5-6,8,12,16H,7H2,1-4H3,(H,17,18). The number of hydrogen-bond donors (Lipinski definition) is 2. The predicted octanol–water partition coefficient (Wildman–Crippen LogP) is 2.56. The van der Waals surface area contributed by atoms with Gasteiger partial charge in [-0.15, -0.1) is 0 Å². The van der Waals surface area contributed by atoms with E-state index < -0.39 is 12.0 Å². The Morgan fingerprint density at radius 1 is 1.35 bits per heavy atom. The van der Waals surface area contributed by atoms with Crippen molar-refractivity contribution in [3.63, 3.8) is 0 Å². The van der Waals surface area contributed by atoms with Gasteiger partial charge in [-0.05, 0) is 12.0 Å². The Balaban J connectivity index is 2.97. The molecule has 5 nitrogen and oxygen atoms in total. The van der Waals surface area contributed by atoms with E-state index in [4.69, 9.17) is 26.2 Å². The Hall–Kier alpha value is -1.46. The van der Waals surface area contributed by atoms with Crippen molar-refractivity contribution in [2.45, 2.75) is 26.4 Å². The van der Waals surface area contributed by atoms with Crippen LogP contribution >= 0.6 is 11.6 Å². The van der Waals surface area contributed by atoms with Crippen molar-refractivity contribution < 1.29 is 19.4 Å². The third-order valence-corrected chi connectivity index (χ3v) is 3.18. The smallest absolute Gasteiger partial charge is 0.320 e. The van der Waals surface area contributed by atoms with Crippen LogP contribution in [-0.4, -0.2) is 31.3 Å². The Morgan fingerprint density at radius 3 is 2.45 bits per heavy atom. The van der Waals surface area contributed by atoms with Gasteiger partial charge in [-0.3, -0.25) is 10.1 Å². The second kappa shape index (κ2) is 7.36. The maximum Gasteiger partial charge on any atom is 0.320 e.